The maximum atomic E-state index is 2.55. The number of hydrogen-bond donors (Lipinski definition) is 0. The highest BCUT2D eigenvalue weighted by molar-refractivity contribution is 6.01. The van der Waals surface area contributed by atoms with E-state index in [0.717, 1.165) is 18.5 Å². The maximum Gasteiger partial charge on any atom is 0.0726 e. The summed E-state index contributed by atoms with van der Waals surface area (Å²) in [5, 5.41) is 0. The third-order valence-corrected chi connectivity index (χ3v) is 12.2. The van der Waals surface area contributed by atoms with Gasteiger partial charge in [0.15, 0.2) is 0 Å². The van der Waals surface area contributed by atoms with E-state index >= 15 is 0 Å². The summed E-state index contributed by atoms with van der Waals surface area (Å²) in [6, 6.07) is 74.0. The zero-order valence-electron chi connectivity index (χ0n) is 31.1. The van der Waals surface area contributed by atoms with Crippen LogP contribution in [-0.4, -0.2) is 0 Å². The van der Waals surface area contributed by atoms with Gasteiger partial charge in [-0.2, -0.15) is 0 Å². The maximum absolute atomic E-state index is 2.55. The van der Waals surface area contributed by atoms with Crippen molar-refractivity contribution in [3.63, 3.8) is 0 Å². The second kappa shape index (κ2) is 13.1. The Morgan fingerprint density at radius 1 is 0.357 bits per heavy atom. The van der Waals surface area contributed by atoms with Gasteiger partial charge in [0, 0.05) is 16.9 Å². The van der Waals surface area contributed by atoms with E-state index < -0.39 is 5.41 Å². The van der Waals surface area contributed by atoms with E-state index in [2.05, 4.69) is 217 Å². The molecule has 11 rings (SSSR count). The van der Waals surface area contributed by atoms with E-state index in [4.69, 9.17) is 0 Å². The van der Waals surface area contributed by atoms with E-state index in [1.54, 1.807) is 0 Å². The summed E-state index contributed by atoms with van der Waals surface area (Å²) in [6.45, 7) is 0. The summed E-state index contributed by atoms with van der Waals surface area (Å²) >= 11 is 0. The molecule has 0 aliphatic heterocycles. The zero-order chi connectivity index (χ0) is 37.1. The summed E-state index contributed by atoms with van der Waals surface area (Å²) in [7, 11) is 0. The van der Waals surface area contributed by atoms with Crippen molar-refractivity contribution in [3.05, 3.63) is 246 Å². The van der Waals surface area contributed by atoms with Gasteiger partial charge in [-0.1, -0.05) is 182 Å². The molecule has 1 heteroatoms. The molecule has 0 fully saturated rings. The third kappa shape index (κ3) is 4.94. The van der Waals surface area contributed by atoms with E-state index in [1.807, 2.05) is 0 Å². The van der Waals surface area contributed by atoms with Crippen molar-refractivity contribution in [2.24, 2.45) is 0 Å². The Morgan fingerprint density at radius 2 is 0.893 bits per heavy atom. The van der Waals surface area contributed by atoms with Crippen molar-refractivity contribution in [3.8, 4) is 44.5 Å². The van der Waals surface area contributed by atoms with Crippen LogP contribution in [-0.2, 0) is 5.41 Å². The lowest BCUT2D eigenvalue weighted by Gasteiger charge is -2.33. The van der Waals surface area contributed by atoms with Gasteiger partial charge >= 0.3 is 0 Å². The smallest absolute Gasteiger partial charge is 0.0726 e. The van der Waals surface area contributed by atoms with Crippen molar-refractivity contribution in [1.82, 2.24) is 0 Å². The average molecular weight is 714 g/mol. The van der Waals surface area contributed by atoms with Crippen molar-refractivity contribution in [2.45, 2.75) is 18.3 Å². The lowest BCUT2D eigenvalue weighted by molar-refractivity contribution is 0.794. The first-order valence-electron chi connectivity index (χ1n) is 19.7. The third-order valence-electron chi connectivity index (χ3n) is 12.2. The van der Waals surface area contributed by atoms with Crippen LogP contribution in [0.2, 0.25) is 0 Å². The van der Waals surface area contributed by atoms with Gasteiger partial charge < -0.3 is 4.90 Å². The van der Waals surface area contributed by atoms with Gasteiger partial charge in [0.05, 0.1) is 11.1 Å². The SMILES string of the molecule is C1=C(c2ccccc2)CCC(N(c2ccc(-c3ccccc3)cc2)c2cccc3c2-c2ccccc2C32c3ccccc3-c3ccc(-c4ccccc4)cc32)=C1. The number of benzene rings is 8. The lowest BCUT2D eigenvalue weighted by Crippen LogP contribution is -2.26. The standard InChI is InChI=1S/C55H39N/c1-4-15-38(16-5-1)41-27-32-44(33-28-41)56(45-34-29-42(30-35-45)39-17-6-2-7-18-39)53-26-14-25-51-54(53)48-22-11-13-24-50(48)55(51)49-23-12-10-21-46(49)47-36-31-43(37-52(47)55)40-19-8-3-9-20-40/h1-29,31-34,36-37H,30,35H2. The topological polar surface area (TPSA) is 3.24 Å². The Kier molecular flexibility index (Phi) is 7.60. The van der Waals surface area contributed by atoms with Gasteiger partial charge in [0.25, 0.3) is 0 Å². The van der Waals surface area contributed by atoms with Crippen LogP contribution in [0.1, 0.15) is 40.7 Å². The van der Waals surface area contributed by atoms with Gasteiger partial charge in [0.1, 0.15) is 0 Å². The fraction of sp³-hybridized carbons (Fsp3) is 0.0545. The Morgan fingerprint density at radius 3 is 1.57 bits per heavy atom. The van der Waals surface area contributed by atoms with Gasteiger partial charge in [-0.25, -0.2) is 0 Å². The second-order valence-corrected chi connectivity index (χ2v) is 15.1. The number of rotatable bonds is 6. The fourth-order valence-electron chi connectivity index (χ4n) is 9.76. The van der Waals surface area contributed by atoms with Gasteiger partial charge in [-0.3, -0.25) is 0 Å². The van der Waals surface area contributed by atoms with Crippen LogP contribution in [0, 0.1) is 0 Å². The predicted molar refractivity (Wildman–Crippen MR) is 234 cm³/mol. The Hall–Kier alpha value is -6.96. The number of hydrogen-bond acceptors (Lipinski definition) is 1. The molecule has 1 nitrogen and oxygen atoms in total. The van der Waals surface area contributed by atoms with Gasteiger partial charge in [-0.05, 0) is 116 Å². The van der Waals surface area contributed by atoms with Crippen LogP contribution < -0.4 is 4.90 Å². The van der Waals surface area contributed by atoms with Crippen LogP contribution in [0.15, 0.2) is 218 Å². The molecule has 0 heterocycles. The second-order valence-electron chi connectivity index (χ2n) is 15.1. The number of allylic oxidation sites excluding steroid dienone is 4. The van der Waals surface area contributed by atoms with Crippen LogP contribution >= 0.6 is 0 Å². The van der Waals surface area contributed by atoms with Crippen molar-refractivity contribution in [1.29, 1.82) is 0 Å². The Bertz CT molecular complexity index is 2830. The molecule has 3 aliphatic carbocycles. The van der Waals surface area contributed by atoms with Gasteiger partial charge in [-0.15, -0.1) is 0 Å². The van der Waals surface area contributed by atoms with E-state index in [-0.39, 0.29) is 0 Å². The first kappa shape index (κ1) is 32.5. The van der Waals surface area contributed by atoms with E-state index in [9.17, 15) is 0 Å². The molecule has 0 bridgehead atoms. The molecule has 264 valence electrons. The number of fused-ring (bicyclic) bond motifs is 10. The minimum absolute atomic E-state index is 0.456. The monoisotopic (exact) mass is 713 g/mol. The first-order valence-corrected chi connectivity index (χ1v) is 19.7. The molecular weight excluding hydrogens is 675 g/mol. The van der Waals surface area contributed by atoms with Crippen molar-refractivity contribution < 1.29 is 0 Å². The molecular formula is C55H39N. The summed E-state index contributed by atoms with van der Waals surface area (Å²) in [5.74, 6) is 0. The minimum Gasteiger partial charge on any atom is -0.314 e. The highest BCUT2D eigenvalue weighted by Gasteiger charge is 2.52. The van der Waals surface area contributed by atoms with E-state index in [1.165, 1.54) is 89.3 Å². The molecule has 1 atom stereocenters. The molecule has 8 aromatic carbocycles. The van der Waals surface area contributed by atoms with Gasteiger partial charge in [0.2, 0.25) is 0 Å². The van der Waals surface area contributed by atoms with Crippen molar-refractivity contribution >= 4 is 16.9 Å². The summed E-state index contributed by atoms with van der Waals surface area (Å²) < 4.78 is 0. The number of anilines is 2. The summed E-state index contributed by atoms with van der Waals surface area (Å²) in [6.07, 6.45) is 6.61. The molecule has 0 radical (unpaired) electrons. The minimum atomic E-state index is -0.456. The van der Waals surface area contributed by atoms with E-state index in [0.29, 0.717) is 0 Å². The lowest BCUT2D eigenvalue weighted by atomic mass is 9.70. The molecule has 0 amide bonds. The highest BCUT2D eigenvalue weighted by atomic mass is 15.2. The fourth-order valence-corrected chi connectivity index (χ4v) is 9.76. The van der Waals surface area contributed by atoms with Crippen LogP contribution in [0.3, 0.4) is 0 Å². The normalized spacial score (nSPS) is 16.0. The average Bonchev–Trinajstić information content (AvgIpc) is 3.75. The molecule has 0 N–H and O–H groups in total. The molecule has 0 saturated carbocycles. The Labute approximate surface area is 329 Å². The predicted octanol–water partition coefficient (Wildman–Crippen LogP) is 14.3. The van der Waals surface area contributed by atoms with Crippen LogP contribution in [0.25, 0.3) is 50.1 Å². The molecule has 0 saturated heterocycles. The number of nitrogens with zero attached hydrogens (tertiary/aromatic N) is 1. The molecule has 56 heavy (non-hydrogen) atoms. The molecule has 1 unspecified atom stereocenters. The zero-order valence-corrected chi connectivity index (χ0v) is 31.1. The molecule has 0 aromatic heterocycles. The quantitative estimate of drug-likeness (QED) is 0.166. The molecule has 3 aliphatic rings. The summed E-state index contributed by atoms with van der Waals surface area (Å²) in [4.78, 5) is 2.55. The van der Waals surface area contributed by atoms with Crippen LogP contribution in [0.5, 0.6) is 0 Å². The largest absolute Gasteiger partial charge is 0.314 e. The van der Waals surface area contributed by atoms with Crippen LogP contribution in [0.4, 0.5) is 11.4 Å². The summed E-state index contributed by atoms with van der Waals surface area (Å²) in [5.41, 5.74) is 21.5. The highest BCUT2D eigenvalue weighted by Crippen LogP contribution is 2.65. The van der Waals surface area contributed by atoms with Crippen molar-refractivity contribution in [2.75, 3.05) is 4.90 Å². The molecule has 8 aromatic rings. The Balaban J connectivity index is 1.15. The molecule has 1 spiro atoms. The first-order chi connectivity index (χ1) is 27.8.